The summed E-state index contributed by atoms with van der Waals surface area (Å²) in [5, 5.41) is 20.3. The quantitative estimate of drug-likeness (QED) is 0.0631. The molecule has 2 N–H and O–H groups in total. The van der Waals surface area contributed by atoms with Crippen molar-refractivity contribution in [2.75, 3.05) is 33.0 Å². The minimum Gasteiger partial charge on any atom is -0.493 e. The van der Waals surface area contributed by atoms with Crippen LogP contribution in [0.15, 0.2) is 72.8 Å². The summed E-state index contributed by atoms with van der Waals surface area (Å²) in [6.45, 7) is 14.7. The van der Waals surface area contributed by atoms with Gasteiger partial charge in [-0.15, -0.1) is 0 Å². The SMILES string of the molecule is C=C(C)C(=O)OCCCc1cc(-c2ccc(-c3ccc(C4CCC(C)CC4)cc3)c(F)c2F)cc(CCCOC(=O)C(=C)C)c1OCCC(CO)(CO)CCC. The van der Waals surface area contributed by atoms with Gasteiger partial charge in [0.2, 0.25) is 0 Å². The molecule has 9 heteroatoms. The summed E-state index contributed by atoms with van der Waals surface area (Å²) in [4.78, 5) is 24.2. The molecule has 0 radical (unpaired) electrons. The summed E-state index contributed by atoms with van der Waals surface area (Å²) in [5.74, 6) is -1.17. The van der Waals surface area contributed by atoms with Gasteiger partial charge in [-0.25, -0.2) is 18.4 Å². The molecule has 7 nitrogen and oxygen atoms in total. The van der Waals surface area contributed by atoms with E-state index in [4.69, 9.17) is 14.2 Å². The Morgan fingerprint density at radius 1 is 0.750 bits per heavy atom. The van der Waals surface area contributed by atoms with Crippen LogP contribution < -0.4 is 4.74 Å². The highest BCUT2D eigenvalue weighted by Gasteiger charge is 2.28. The fourth-order valence-corrected chi connectivity index (χ4v) is 7.48. The van der Waals surface area contributed by atoms with Crippen molar-refractivity contribution in [2.24, 2.45) is 11.3 Å². The maximum absolute atomic E-state index is 16.2. The lowest BCUT2D eigenvalue weighted by molar-refractivity contribution is -0.139. The molecule has 0 bridgehead atoms. The molecule has 1 aliphatic rings. The van der Waals surface area contributed by atoms with Crippen molar-refractivity contribution in [2.45, 2.75) is 104 Å². The predicted molar refractivity (Wildman–Crippen MR) is 217 cm³/mol. The molecule has 0 amide bonds. The van der Waals surface area contributed by atoms with E-state index in [1.165, 1.54) is 18.4 Å². The zero-order chi connectivity index (χ0) is 40.8. The van der Waals surface area contributed by atoms with Gasteiger partial charge in [-0.05, 0) is 117 Å². The minimum atomic E-state index is -0.973. The summed E-state index contributed by atoms with van der Waals surface area (Å²) in [6.07, 6.45) is 7.98. The first-order valence-electron chi connectivity index (χ1n) is 20.1. The Labute approximate surface area is 331 Å². The Kier molecular flexibility index (Phi) is 16.8. The molecule has 1 aliphatic carbocycles. The van der Waals surface area contributed by atoms with E-state index in [1.807, 2.05) is 31.2 Å². The topological polar surface area (TPSA) is 102 Å². The molecule has 1 fully saturated rings. The van der Waals surface area contributed by atoms with Crippen LogP contribution in [0.4, 0.5) is 8.78 Å². The summed E-state index contributed by atoms with van der Waals surface area (Å²) in [6, 6.07) is 14.6. The van der Waals surface area contributed by atoms with Gasteiger partial charge in [0.25, 0.3) is 0 Å². The zero-order valence-corrected chi connectivity index (χ0v) is 33.7. The Bertz CT molecular complexity index is 1750. The molecule has 0 aliphatic heterocycles. The van der Waals surface area contributed by atoms with E-state index in [-0.39, 0.29) is 55.3 Å². The summed E-state index contributed by atoms with van der Waals surface area (Å²) < 4.78 is 49.4. The average molecular weight is 775 g/mol. The standard InChI is InChI=1S/C47H60F2O7/c1-7-22-47(29-50,30-51)23-26-54-44-37(10-8-24-55-45(52)31(2)3)27-39(28-38(44)11-9-25-56-46(53)32(4)5)41-21-20-40(42(48)43(41)49)36-18-16-35(17-19-36)34-14-12-33(6)13-15-34/h16-21,27-28,33-34,50-51H,2,4,7-15,22-26,29-30H2,1,3,5-6H3. The molecule has 3 aromatic carbocycles. The molecule has 0 atom stereocenters. The number of aryl methyl sites for hydroxylation is 2. The van der Waals surface area contributed by atoms with Crippen molar-refractivity contribution in [3.8, 4) is 28.0 Å². The average Bonchev–Trinajstić information content (AvgIpc) is 3.19. The first-order valence-corrected chi connectivity index (χ1v) is 20.1. The zero-order valence-electron chi connectivity index (χ0n) is 33.7. The number of carbonyl (C=O) groups excluding carboxylic acids is 2. The van der Waals surface area contributed by atoms with Gasteiger partial charge < -0.3 is 24.4 Å². The van der Waals surface area contributed by atoms with Crippen molar-refractivity contribution in [1.82, 2.24) is 0 Å². The van der Waals surface area contributed by atoms with E-state index >= 15 is 8.78 Å². The number of carbonyl (C=O) groups is 2. The van der Waals surface area contributed by atoms with Crippen molar-refractivity contribution in [3.63, 3.8) is 0 Å². The van der Waals surface area contributed by atoms with Gasteiger partial charge in [0.1, 0.15) is 5.75 Å². The lowest BCUT2D eigenvalue weighted by Gasteiger charge is -2.30. The number of rotatable bonds is 21. The molecule has 0 saturated heterocycles. The molecular weight excluding hydrogens is 715 g/mol. The van der Waals surface area contributed by atoms with E-state index < -0.39 is 29.0 Å². The van der Waals surface area contributed by atoms with E-state index in [0.717, 1.165) is 25.2 Å². The Balaban J connectivity index is 1.70. The minimum absolute atomic E-state index is 0.0817. The normalized spacial score (nSPS) is 15.6. The molecule has 304 valence electrons. The van der Waals surface area contributed by atoms with Crippen molar-refractivity contribution >= 4 is 11.9 Å². The Hall–Kier alpha value is -4.34. The number of aliphatic hydroxyl groups is 2. The first kappa shape index (κ1) is 44.4. The second-order valence-corrected chi connectivity index (χ2v) is 15.7. The summed E-state index contributed by atoms with van der Waals surface area (Å²) in [7, 11) is 0. The van der Waals surface area contributed by atoms with Gasteiger partial charge in [-0.1, -0.05) is 82.7 Å². The lowest BCUT2D eigenvalue weighted by Crippen LogP contribution is -2.31. The molecule has 0 aromatic heterocycles. The maximum Gasteiger partial charge on any atom is 0.333 e. The third-order valence-electron chi connectivity index (χ3n) is 11.0. The predicted octanol–water partition coefficient (Wildman–Crippen LogP) is 10.2. The smallest absolute Gasteiger partial charge is 0.333 e. The number of aliphatic hydroxyl groups excluding tert-OH is 2. The molecule has 4 rings (SSSR count). The van der Waals surface area contributed by atoms with E-state index in [2.05, 4.69) is 20.1 Å². The highest BCUT2D eigenvalue weighted by molar-refractivity contribution is 5.87. The van der Waals surface area contributed by atoms with Crippen LogP contribution in [0.2, 0.25) is 0 Å². The third kappa shape index (κ3) is 11.8. The van der Waals surface area contributed by atoms with Gasteiger partial charge in [-0.3, -0.25) is 0 Å². The Morgan fingerprint density at radius 2 is 1.25 bits per heavy atom. The van der Waals surface area contributed by atoms with Crippen molar-refractivity contribution in [1.29, 1.82) is 0 Å². The number of benzene rings is 3. The fourth-order valence-electron chi connectivity index (χ4n) is 7.48. The van der Waals surface area contributed by atoms with Crippen LogP contribution in [0, 0.1) is 23.0 Å². The van der Waals surface area contributed by atoms with Gasteiger partial charge in [-0.2, -0.15) is 0 Å². The molecule has 56 heavy (non-hydrogen) atoms. The van der Waals surface area contributed by atoms with Crippen LogP contribution in [0.3, 0.4) is 0 Å². The van der Waals surface area contributed by atoms with Gasteiger partial charge in [0, 0.05) is 27.7 Å². The van der Waals surface area contributed by atoms with Gasteiger partial charge in [0.05, 0.1) is 33.0 Å². The largest absolute Gasteiger partial charge is 0.493 e. The highest BCUT2D eigenvalue weighted by Crippen LogP contribution is 2.39. The van der Waals surface area contributed by atoms with Gasteiger partial charge in [0.15, 0.2) is 11.6 Å². The highest BCUT2D eigenvalue weighted by atomic mass is 19.2. The number of halogens is 2. The molecule has 3 aromatic rings. The Morgan fingerprint density at radius 3 is 1.71 bits per heavy atom. The molecular formula is C47H60F2O7. The first-order chi connectivity index (χ1) is 26.8. The van der Waals surface area contributed by atoms with Crippen LogP contribution in [0.1, 0.15) is 108 Å². The van der Waals surface area contributed by atoms with E-state index in [9.17, 15) is 19.8 Å². The van der Waals surface area contributed by atoms with Crippen LogP contribution >= 0.6 is 0 Å². The maximum atomic E-state index is 16.2. The molecule has 0 spiro atoms. The summed E-state index contributed by atoms with van der Waals surface area (Å²) >= 11 is 0. The second-order valence-electron chi connectivity index (χ2n) is 15.7. The van der Waals surface area contributed by atoms with Crippen LogP contribution in [-0.2, 0) is 31.9 Å². The molecule has 0 heterocycles. The van der Waals surface area contributed by atoms with Crippen LogP contribution in [0.5, 0.6) is 5.75 Å². The molecule has 1 saturated carbocycles. The van der Waals surface area contributed by atoms with Crippen molar-refractivity contribution in [3.05, 3.63) is 101 Å². The number of hydrogen-bond acceptors (Lipinski definition) is 7. The second kappa shape index (κ2) is 21.3. The molecule has 0 unspecified atom stereocenters. The van der Waals surface area contributed by atoms with Crippen LogP contribution in [-0.4, -0.2) is 55.2 Å². The monoisotopic (exact) mass is 774 g/mol. The number of esters is 2. The van der Waals surface area contributed by atoms with E-state index in [0.29, 0.717) is 72.4 Å². The lowest BCUT2D eigenvalue weighted by atomic mass is 9.79. The van der Waals surface area contributed by atoms with E-state index in [1.54, 1.807) is 38.1 Å². The van der Waals surface area contributed by atoms with Crippen LogP contribution in [0.25, 0.3) is 22.3 Å². The third-order valence-corrected chi connectivity index (χ3v) is 11.0. The number of ether oxygens (including phenoxy) is 3. The van der Waals surface area contributed by atoms with Crippen molar-refractivity contribution < 1.29 is 42.8 Å². The summed E-state index contributed by atoms with van der Waals surface area (Å²) in [5.41, 5.74) is 3.75. The fraction of sp³-hybridized carbons (Fsp3) is 0.489. The van der Waals surface area contributed by atoms with Gasteiger partial charge >= 0.3 is 11.9 Å². The number of hydrogen-bond donors (Lipinski definition) is 2.